The molecular weight excluding hydrogens is 274 g/mol. The van der Waals surface area contributed by atoms with Crippen LogP contribution >= 0.6 is 11.3 Å². The predicted molar refractivity (Wildman–Crippen MR) is 81.4 cm³/mol. The van der Waals surface area contributed by atoms with Crippen molar-refractivity contribution >= 4 is 22.3 Å². The molecule has 1 saturated heterocycles. The number of hydrogen-bond donors (Lipinski definition) is 1. The molecule has 2 rings (SSSR count). The Labute approximate surface area is 124 Å². The van der Waals surface area contributed by atoms with Gasteiger partial charge in [0.2, 0.25) is 0 Å². The summed E-state index contributed by atoms with van der Waals surface area (Å²) < 4.78 is 5.02. The smallest absolute Gasteiger partial charge is 0.360 e. The first-order valence-electron chi connectivity index (χ1n) is 7.34. The van der Waals surface area contributed by atoms with Crippen molar-refractivity contribution in [3.05, 3.63) is 11.2 Å². The van der Waals surface area contributed by atoms with E-state index in [9.17, 15) is 4.79 Å². The second kappa shape index (κ2) is 7.59. The maximum Gasteiger partial charge on any atom is 0.360 e. The molecule has 5 nitrogen and oxygen atoms in total. The lowest BCUT2D eigenvalue weighted by Gasteiger charge is -2.32. The molecule has 1 aliphatic heterocycles. The lowest BCUT2D eigenvalue weighted by Crippen LogP contribution is -2.39. The third-order valence-corrected chi connectivity index (χ3v) is 4.26. The molecule has 1 fully saturated rings. The van der Waals surface area contributed by atoms with Crippen molar-refractivity contribution in [2.75, 3.05) is 31.6 Å². The minimum Gasteiger partial charge on any atom is -0.461 e. The van der Waals surface area contributed by atoms with Crippen LogP contribution in [0.4, 0.5) is 5.00 Å². The Morgan fingerprint density at radius 3 is 2.90 bits per heavy atom. The molecule has 20 heavy (non-hydrogen) atoms. The van der Waals surface area contributed by atoms with E-state index in [0.717, 1.165) is 30.9 Å². The van der Waals surface area contributed by atoms with Gasteiger partial charge in [-0.3, -0.25) is 0 Å². The Balaban J connectivity index is 1.88. The van der Waals surface area contributed by atoms with Crippen molar-refractivity contribution in [3.8, 4) is 0 Å². The third-order valence-electron chi connectivity index (χ3n) is 3.50. The average molecular weight is 297 g/mol. The number of hydrogen-bond acceptors (Lipinski definition) is 6. The van der Waals surface area contributed by atoms with E-state index in [-0.39, 0.29) is 5.97 Å². The Kier molecular flexibility index (Phi) is 5.79. The van der Waals surface area contributed by atoms with Gasteiger partial charge in [0.05, 0.1) is 12.1 Å². The fourth-order valence-corrected chi connectivity index (χ4v) is 3.24. The second-order valence-corrected chi connectivity index (χ2v) is 5.87. The van der Waals surface area contributed by atoms with E-state index >= 15 is 0 Å². The molecule has 0 aliphatic carbocycles. The average Bonchev–Trinajstić information content (AvgIpc) is 2.90. The zero-order valence-electron chi connectivity index (χ0n) is 12.2. The van der Waals surface area contributed by atoms with Crippen LogP contribution in [-0.4, -0.2) is 48.1 Å². The lowest BCUT2D eigenvalue weighted by atomic mass is 10.1. The summed E-state index contributed by atoms with van der Waals surface area (Å²) in [6.45, 7) is 7.83. The van der Waals surface area contributed by atoms with Crippen LogP contribution in [0.25, 0.3) is 0 Å². The molecular formula is C14H23N3O2S. The number of carbonyl (C=O) groups is 1. The molecule has 1 N–H and O–H groups in total. The highest BCUT2D eigenvalue weighted by Gasteiger charge is 2.22. The van der Waals surface area contributed by atoms with Crippen LogP contribution < -0.4 is 5.32 Å². The number of anilines is 1. The van der Waals surface area contributed by atoms with E-state index in [0.29, 0.717) is 18.3 Å². The molecule has 6 heteroatoms. The molecule has 0 atom stereocenters. The molecule has 0 spiro atoms. The molecule has 1 aromatic heterocycles. The van der Waals surface area contributed by atoms with E-state index in [1.807, 2.05) is 0 Å². The van der Waals surface area contributed by atoms with E-state index in [4.69, 9.17) is 4.74 Å². The van der Waals surface area contributed by atoms with E-state index < -0.39 is 0 Å². The first-order valence-corrected chi connectivity index (χ1v) is 8.22. The van der Waals surface area contributed by atoms with Crippen molar-refractivity contribution in [2.24, 2.45) is 0 Å². The monoisotopic (exact) mass is 297 g/mol. The molecule has 0 amide bonds. The maximum atomic E-state index is 11.8. The highest BCUT2D eigenvalue weighted by atomic mass is 32.1. The van der Waals surface area contributed by atoms with Gasteiger partial charge in [-0.2, -0.15) is 0 Å². The maximum absolute atomic E-state index is 11.8. The zero-order chi connectivity index (χ0) is 14.4. The van der Waals surface area contributed by atoms with Gasteiger partial charge in [0.1, 0.15) is 5.00 Å². The van der Waals surface area contributed by atoms with Crippen LogP contribution in [0.3, 0.4) is 0 Å². The summed E-state index contributed by atoms with van der Waals surface area (Å²) in [5.74, 6) is -0.334. The van der Waals surface area contributed by atoms with E-state index in [1.54, 1.807) is 12.4 Å². The van der Waals surface area contributed by atoms with Gasteiger partial charge < -0.3 is 15.0 Å². The molecule has 1 aliphatic rings. The van der Waals surface area contributed by atoms with Gasteiger partial charge >= 0.3 is 5.97 Å². The van der Waals surface area contributed by atoms with Crippen molar-refractivity contribution in [3.63, 3.8) is 0 Å². The highest BCUT2D eigenvalue weighted by Crippen LogP contribution is 2.24. The van der Waals surface area contributed by atoms with Crippen LogP contribution in [0, 0.1) is 0 Å². The second-order valence-electron chi connectivity index (χ2n) is 5.01. The highest BCUT2D eigenvalue weighted by molar-refractivity contribution is 7.14. The van der Waals surface area contributed by atoms with Crippen molar-refractivity contribution in [1.82, 2.24) is 9.88 Å². The van der Waals surface area contributed by atoms with Crippen LogP contribution in [0.1, 0.15) is 43.6 Å². The SMILES string of the molecule is CCCN1CCC(Nc2scnc2C(=O)OCC)CC1. The molecule has 0 radical (unpaired) electrons. The van der Waals surface area contributed by atoms with Gasteiger partial charge in [0.25, 0.3) is 0 Å². The first-order chi connectivity index (χ1) is 9.74. The number of nitrogens with one attached hydrogen (secondary N) is 1. The Morgan fingerprint density at radius 1 is 1.50 bits per heavy atom. The number of thiazole rings is 1. The standard InChI is InChI=1S/C14H23N3O2S/c1-3-7-17-8-5-11(6-9-17)16-13-12(15-10-20-13)14(18)19-4-2/h10-11,16H,3-9H2,1-2H3. The van der Waals surface area contributed by atoms with Gasteiger partial charge in [-0.15, -0.1) is 11.3 Å². The van der Waals surface area contributed by atoms with Crippen LogP contribution in [0.15, 0.2) is 5.51 Å². The van der Waals surface area contributed by atoms with Gasteiger partial charge in [0.15, 0.2) is 5.69 Å². The topological polar surface area (TPSA) is 54.5 Å². The van der Waals surface area contributed by atoms with Crippen LogP contribution in [0.5, 0.6) is 0 Å². The van der Waals surface area contributed by atoms with E-state index in [1.165, 1.54) is 24.3 Å². The quantitative estimate of drug-likeness (QED) is 0.818. The van der Waals surface area contributed by atoms with Gasteiger partial charge in [-0.1, -0.05) is 6.92 Å². The summed E-state index contributed by atoms with van der Waals surface area (Å²) in [4.78, 5) is 18.4. The van der Waals surface area contributed by atoms with Crippen molar-refractivity contribution < 1.29 is 9.53 Å². The van der Waals surface area contributed by atoms with Crippen LogP contribution in [-0.2, 0) is 4.74 Å². The third kappa shape index (κ3) is 3.93. The zero-order valence-corrected chi connectivity index (χ0v) is 13.0. The fourth-order valence-electron chi connectivity index (χ4n) is 2.50. The number of piperidine rings is 1. The Morgan fingerprint density at radius 2 is 2.25 bits per heavy atom. The molecule has 2 heterocycles. The Bertz CT molecular complexity index is 428. The molecule has 0 saturated carbocycles. The molecule has 1 aromatic rings. The Hall–Kier alpha value is -1.14. The van der Waals surface area contributed by atoms with Gasteiger partial charge in [-0.25, -0.2) is 9.78 Å². The van der Waals surface area contributed by atoms with Crippen molar-refractivity contribution in [1.29, 1.82) is 0 Å². The van der Waals surface area contributed by atoms with E-state index in [2.05, 4.69) is 22.1 Å². The summed E-state index contributed by atoms with van der Waals surface area (Å²) in [7, 11) is 0. The minimum atomic E-state index is -0.334. The summed E-state index contributed by atoms with van der Waals surface area (Å²) in [6, 6.07) is 0.428. The molecule has 112 valence electrons. The van der Waals surface area contributed by atoms with Crippen molar-refractivity contribution in [2.45, 2.75) is 39.2 Å². The van der Waals surface area contributed by atoms with Crippen LogP contribution in [0.2, 0.25) is 0 Å². The normalized spacial score (nSPS) is 17.1. The van der Waals surface area contributed by atoms with Gasteiger partial charge in [0, 0.05) is 19.1 Å². The number of likely N-dealkylation sites (tertiary alicyclic amines) is 1. The van der Waals surface area contributed by atoms with Gasteiger partial charge in [-0.05, 0) is 32.7 Å². The number of aromatic nitrogens is 1. The minimum absolute atomic E-state index is 0.334. The first kappa shape index (κ1) is 15.3. The summed E-state index contributed by atoms with van der Waals surface area (Å²) in [5.41, 5.74) is 2.12. The number of rotatable bonds is 6. The summed E-state index contributed by atoms with van der Waals surface area (Å²) in [6.07, 6.45) is 3.43. The lowest BCUT2D eigenvalue weighted by molar-refractivity contribution is 0.0521. The number of carbonyl (C=O) groups excluding carboxylic acids is 1. The summed E-state index contributed by atoms with van der Waals surface area (Å²) >= 11 is 1.47. The molecule has 0 aromatic carbocycles. The number of esters is 1. The largest absolute Gasteiger partial charge is 0.461 e. The predicted octanol–water partition coefficient (Wildman–Crippen LogP) is 2.61. The molecule has 0 bridgehead atoms. The molecule has 0 unspecified atom stereocenters. The number of ether oxygens (including phenoxy) is 1. The number of nitrogens with zero attached hydrogens (tertiary/aromatic N) is 2. The summed E-state index contributed by atoms with van der Waals surface area (Å²) in [5, 5.41) is 4.30. The fraction of sp³-hybridized carbons (Fsp3) is 0.714.